The maximum absolute atomic E-state index is 13.5. The maximum atomic E-state index is 13.5. The molecule has 0 aliphatic rings. The highest BCUT2D eigenvalue weighted by atomic mass is 35.5. The van der Waals surface area contributed by atoms with Crippen molar-refractivity contribution in [2.45, 2.75) is 0 Å². The molecule has 0 aliphatic carbocycles. The van der Waals surface area contributed by atoms with Crippen LogP contribution in [-0.4, -0.2) is 15.8 Å². The van der Waals surface area contributed by atoms with E-state index in [1.165, 1.54) is 11.3 Å². The lowest BCUT2D eigenvalue weighted by atomic mass is 10.1. The predicted molar refractivity (Wildman–Crippen MR) is 128 cm³/mol. The highest BCUT2D eigenvalue weighted by Crippen LogP contribution is 2.34. The van der Waals surface area contributed by atoms with Crippen LogP contribution in [0.5, 0.6) is 0 Å². The van der Waals surface area contributed by atoms with Crippen LogP contribution in [-0.2, 0) is 0 Å². The fraction of sp³-hybridized carbons (Fsp3) is 0. The number of carbonyl (C=O) groups excluding carboxylic acids is 1. The highest BCUT2D eigenvalue weighted by molar-refractivity contribution is 7.18. The van der Waals surface area contributed by atoms with E-state index in [0.29, 0.717) is 26.4 Å². The highest BCUT2D eigenvalue weighted by Gasteiger charge is 2.22. The molecule has 0 amide bonds. The summed E-state index contributed by atoms with van der Waals surface area (Å²) in [7, 11) is 0. The number of aromatic nitrogens is 2. The quantitative estimate of drug-likeness (QED) is 0.247. The van der Waals surface area contributed by atoms with Crippen molar-refractivity contribution in [3.05, 3.63) is 101 Å². The lowest BCUT2D eigenvalue weighted by molar-refractivity contribution is 0.104. The van der Waals surface area contributed by atoms with E-state index < -0.39 is 0 Å². The van der Waals surface area contributed by atoms with Gasteiger partial charge in [-0.05, 0) is 42.5 Å². The molecule has 0 unspecified atom stereocenters. The van der Waals surface area contributed by atoms with Crippen LogP contribution in [0.3, 0.4) is 0 Å². The van der Waals surface area contributed by atoms with Gasteiger partial charge in [0.2, 0.25) is 5.78 Å². The smallest absolute Gasteiger partial charge is 0.209 e. The van der Waals surface area contributed by atoms with Gasteiger partial charge >= 0.3 is 0 Å². The number of H-pyrrole nitrogens is 1. The molecule has 0 aliphatic heterocycles. The number of para-hydroxylation sites is 2. The molecule has 5 rings (SSSR count). The second-order valence-corrected chi connectivity index (χ2v) is 8.33. The third-order valence-electron chi connectivity index (χ3n) is 4.80. The van der Waals surface area contributed by atoms with E-state index in [0.717, 1.165) is 22.3 Å². The number of nitrogens with zero attached hydrogens (tertiary/aromatic N) is 1. The summed E-state index contributed by atoms with van der Waals surface area (Å²) in [5.74, 6) is 0.411. The van der Waals surface area contributed by atoms with Gasteiger partial charge < -0.3 is 15.6 Å². The average molecular weight is 445 g/mol. The number of halogens is 1. The molecule has 0 fully saturated rings. The van der Waals surface area contributed by atoms with E-state index in [-0.39, 0.29) is 5.78 Å². The minimum Gasteiger partial charge on any atom is -0.360 e. The Hall–Kier alpha value is -3.61. The second kappa shape index (κ2) is 8.26. The van der Waals surface area contributed by atoms with Crippen LogP contribution in [0.4, 0.5) is 22.3 Å². The molecule has 5 aromatic rings. The Kier molecular flexibility index (Phi) is 5.16. The lowest BCUT2D eigenvalue weighted by Gasteiger charge is -2.05. The summed E-state index contributed by atoms with van der Waals surface area (Å²) >= 11 is 7.32. The van der Waals surface area contributed by atoms with Gasteiger partial charge in [0.05, 0.1) is 0 Å². The number of ketones is 1. The minimum atomic E-state index is -0.0903. The van der Waals surface area contributed by atoms with Gasteiger partial charge in [0.25, 0.3) is 0 Å². The fourth-order valence-electron chi connectivity index (χ4n) is 3.31. The largest absolute Gasteiger partial charge is 0.360 e. The van der Waals surface area contributed by atoms with Crippen LogP contribution >= 0.6 is 22.9 Å². The van der Waals surface area contributed by atoms with Crippen LogP contribution in [0.2, 0.25) is 5.02 Å². The molecule has 2 aromatic heterocycles. The molecule has 3 aromatic carbocycles. The molecule has 0 radical (unpaired) electrons. The molecule has 0 saturated heterocycles. The molecule has 3 N–H and O–H groups in total. The first kappa shape index (κ1) is 19.4. The van der Waals surface area contributed by atoms with Gasteiger partial charge in [-0.2, -0.15) is 0 Å². The summed E-state index contributed by atoms with van der Waals surface area (Å²) in [5.41, 5.74) is 3.24. The zero-order valence-electron chi connectivity index (χ0n) is 16.2. The Labute approximate surface area is 187 Å². The molecule has 2 heterocycles. The van der Waals surface area contributed by atoms with E-state index in [1.807, 2.05) is 66.7 Å². The first-order chi connectivity index (χ1) is 15.2. The molecule has 0 spiro atoms. The number of fused-ring (bicyclic) bond motifs is 1. The van der Waals surface area contributed by atoms with Crippen molar-refractivity contribution in [2.75, 3.05) is 10.6 Å². The van der Waals surface area contributed by atoms with E-state index in [2.05, 4.69) is 20.6 Å². The molecule has 31 heavy (non-hydrogen) atoms. The van der Waals surface area contributed by atoms with Gasteiger partial charge in [-0.1, -0.05) is 59.3 Å². The number of nitrogens with one attached hydrogen (secondary N) is 3. The van der Waals surface area contributed by atoms with E-state index in [1.54, 1.807) is 18.3 Å². The van der Waals surface area contributed by atoms with Gasteiger partial charge in [0, 0.05) is 39.1 Å². The summed E-state index contributed by atoms with van der Waals surface area (Å²) in [5, 5.41) is 8.71. The molecule has 0 saturated carbocycles. The van der Waals surface area contributed by atoms with Gasteiger partial charge in [0.1, 0.15) is 4.88 Å². The van der Waals surface area contributed by atoms with Gasteiger partial charge in [-0.25, -0.2) is 4.98 Å². The zero-order valence-corrected chi connectivity index (χ0v) is 17.8. The Morgan fingerprint density at radius 1 is 0.871 bits per heavy atom. The van der Waals surface area contributed by atoms with Gasteiger partial charge in [-0.3, -0.25) is 4.79 Å². The van der Waals surface area contributed by atoms with Crippen LogP contribution < -0.4 is 10.6 Å². The summed E-state index contributed by atoms with van der Waals surface area (Å²) in [6.07, 6.45) is 1.75. The number of thiazole rings is 1. The Bertz CT molecular complexity index is 1360. The van der Waals surface area contributed by atoms with Crippen LogP contribution in [0, 0.1) is 0 Å². The van der Waals surface area contributed by atoms with Crippen molar-refractivity contribution in [1.82, 2.24) is 9.97 Å². The van der Waals surface area contributed by atoms with Crippen molar-refractivity contribution in [3.63, 3.8) is 0 Å². The lowest BCUT2D eigenvalue weighted by Crippen LogP contribution is -2.02. The number of hydrogen-bond donors (Lipinski definition) is 3. The maximum Gasteiger partial charge on any atom is 0.209 e. The number of anilines is 4. The first-order valence-electron chi connectivity index (χ1n) is 9.64. The van der Waals surface area contributed by atoms with Crippen molar-refractivity contribution in [3.8, 4) is 0 Å². The molecule has 0 bridgehead atoms. The van der Waals surface area contributed by atoms with Crippen LogP contribution in [0.25, 0.3) is 10.9 Å². The molecule has 5 nitrogen and oxygen atoms in total. The fourth-order valence-corrected chi connectivity index (χ4v) is 4.33. The molecule has 0 atom stereocenters. The summed E-state index contributed by atoms with van der Waals surface area (Å²) in [4.78, 5) is 21.9. The monoisotopic (exact) mass is 444 g/mol. The standard InChI is InChI=1S/C24H17ClN4OS/c25-15-10-12-17(13-11-15)27-23-22(31-24(29-23)28-16-6-2-1-3-7-16)21(30)19-14-26-20-9-5-4-8-18(19)20/h1-14,26-27H,(H,28,29). The normalized spacial score (nSPS) is 10.9. The van der Waals surface area contributed by atoms with Gasteiger partial charge in [-0.15, -0.1) is 0 Å². The van der Waals surface area contributed by atoms with Crippen molar-refractivity contribution in [1.29, 1.82) is 0 Å². The zero-order chi connectivity index (χ0) is 21.2. The van der Waals surface area contributed by atoms with Gasteiger partial charge in [0.15, 0.2) is 10.9 Å². The number of aromatic amines is 1. The van der Waals surface area contributed by atoms with E-state index in [9.17, 15) is 4.79 Å². The Balaban J connectivity index is 1.54. The molecule has 7 heteroatoms. The number of rotatable bonds is 6. The summed E-state index contributed by atoms with van der Waals surface area (Å²) in [6, 6.07) is 24.8. The number of hydrogen-bond acceptors (Lipinski definition) is 5. The van der Waals surface area contributed by atoms with Crippen LogP contribution in [0.15, 0.2) is 85.1 Å². The SMILES string of the molecule is O=C(c1sc(Nc2ccccc2)nc1Nc1ccc(Cl)cc1)c1c[nH]c2ccccc12. The van der Waals surface area contributed by atoms with Crippen molar-refractivity contribution >= 4 is 61.9 Å². The third-order valence-corrected chi connectivity index (χ3v) is 6.02. The summed E-state index contributed by atoms with van der Waals surface area (Å²) < 4.78 is 0. The number of carbonyl (C=O) groups is 1. The molecular formula is C24H17ClN4OS. The predicted octanol–water partition coefficient (Wildman–Crippen LogP) is 7.00. The Morgan fingerprint density at radius 3 is 2.39 bits per heavy atom. The Morgan fingerprint density at radius 2 is 1.58 bits per heavy atom. The second-order valence-electron chi connectivity index (χ2n) is 6.90. The average Bonchev–Trinajstić information content (AvgIpc) is 3.40. The first-order valence-corrected chi connectivity index (χ1v) is 10.8. The topological polar surface area (TPSA) is 69.8 Å². The van der Waals surface area contributed by atoms with Crippen molar-refractivity contribution < 1.29 is 4.79 Å². The summed E-state index contributed by atoms with van der Waals surface area (Å²) in [6.45, 7) is 0. The minimum absolute atomic E-state index is 0.0903. The number of benzene rings is 3. The van der Waals surface area contributed by atoms with E-state index in [4.69, 9.17) is 11.6 Å². The van der Waals surface area contributed by atoms with E-state index >= 15 is 0 Å². The third kappa shape index (κ3) is 4.03. The van der Waals surface area contributed by atoms with Crippen LogP contribution in [0.1, 0.15) is 15.2 Å². The molecule has 152 valence electrons. The van der Waals surface area contributed by atoms with Crippen molar-refractivity contribution in [2.24, 2.45) is 0 Å². The molecular weight excluding hydrogens is 428 g/mol.